The van der Waals surface area contributed by atoms with Crippen molar-refractivity contribution in [2.24, 2.45) is 0 Å². The fourth-order valence-corrected chi connectivity index (χ4v) is 3.03. The van der Waals surface area contributed by atoms with Crippen LogP contribution >= 0.6 is 11.3 Å². The minimum atomic E-state index is 0.0173. The predicted molar refractivity (Wildman–Crippen MR) is 75.8 cm³/mol. The Bertz CT molecular complexity index is 518. The van der Waals surface area contributed by atoms with Gasteiger partial charge in [0.05, 0.1) is 6.04 Å². The quantitative estimate of drug-likeness (QED) is 0.895. The summed E-state index contributed by atoms with van der Waals surface area (Å²) in [5.41, 5.74) is 2.48. The number of amides is 1. The van der Waals surface area contributed by atoms with Gasteiger partial charge in [-0.05, 0) is 35.9 Å². The van der Waals surface area contributed by atoms with Crippen LogP contribution in [-0.2, 0) is 11.2 Å². The van der Waals surface area contributed by atoms with E-state index in [2.05, 4.69) is 35.8 Å². The maximum atomic E-state index is 11.3. The van der Waals surface area contributed by atoms with Crippen LogP contribution < -0.4 is 5.32 Å². The van der Waals surface area contributed by atoms with Crippen LogP contribution in [0.5, 0.6) is 0 Å². The summed E-state index contributed by atoms with van der Waals surface area (Å²) in [6.45, 7) is 3.66. The van der Waals surface area contributed by atoms with E-state index in [4.69, 9.17) is 0 Å². The first kappa shape index (κ1) is 12.8. The van der Waals surface area contributed by atoms with Crippen LogP contribution in [0.3, 0.4) is 0 Å². The molecule has 0 fully saturated rings. The van der Waals surface area contributed by atoms with E-state index < -0.39 is 0 Å². The Morgan fingerprint density at radius 2 is 2.00 bits per heavy atom. The number of hydrogen-bond acceptors (Lipinski definition) is 2. The predicted octanol–water partition coefficient (Wildman–Crippen LogP) is 3.48. The summed E-state index contributed by atoms with van der Waals surface area (Å²) in [6.07, 6.45) is 0.835. The largest absolute Gasteiger partial charge is 0.348 e. The molecule has 0 bridgehead atoms. The van der Waals surface area contributed by atoms with Gasteiger partial charge in [0.15, 0.2) is 0 Å². The molecule has 1 atom stereocenters. The zero-order chi connectivity index (χ0) is 13.0. The van der Waals surface area contributed by atoms with Crippen LogP contribution in [0.15, 0.2) is 41.8 Å². The highest BCUT2D eigenvalue weighted by Crippen LogP contribution is 2.26. The van der Waals surface area contributed by atoms with Gasteiger partial charge in [-0.1, -0.05) is 30.3 Å². The van der Waals surface area contributed by atoms with Crippen molar-refractivity contribution in [3.63, 3.8) is 0 Å². The summed E-state index contributed by atoms with van der Waals surface area (Å²) < 4.78 is 0. The van der Waals surface area contributed by atoms with Gasteiger partial charge in [-0.3, -0.25) is 4.79 Å². The fourth-order valence-electron chi connectivity index (χ4n) is 2.05. The molecule has 1 amide bonds. The molecule has 0 radical (unpaired) electrons. The van der Waals surface area contributed by atoms with Crippen molar-refractivity contribution in [3.8, 4) is 0 Å². The topological polar surface area (TPSA) is 29.1 Å². The summed E-state index contributed by atoms with van der Waals surface area (Å²) in [4.78, 5) is 12.6. The number of benzene rings is 1. The second-order valence-electron chi connectivity index (χ2n) is 4.41. The van der Waals surface area contributed by atoms with Gasteiger partial charge in [0.1, 0.15) is 0 Å². The van der Waals surface area contributed by atoms with E-state index in [0.29, 0.717) is 0 Å². The zero-order valence-corrected chi connectivity index (χ0v) is 11.5. The van der Waals surface area contributed by atoms with Gasteiger partial charge in [-0.25, -0.2) is 0 Å². The van der Waals surface area contributed by atoms with E-state index in [1.807, 2.05) is 18.2 Å². The molecular formula is C15H17NOS. The number of carbonyl (C=O) groups excluding carboxylic acids is 1. The summed E-state index contributed by atoms with van der Waals surface area (Å²) in [5, 5.41) is 5.12. The molecular weight excluding hydrogens is 242 g/mol. The van der Waals surface area contributed by atoms with E-state index in [0.717, 1.165) is 6.42 Å². The van der Waals surface area contributed by atoms with Gasteiger partial charge in [0, 0.05) is 11.8 Å². The number of nitrogens with one attached hydrogen (secondary N) is 1. The lowest BCUT2D eigenvalue weighted by atomic mass is 10.0. The summed E-state index contributed by atoms with van der Waals surface area (Å²) >= 11 is 1.70. The summed E-state index contributed by atoms with van der Waals surface area (Å²) in [5.74, 6) is 0.0173. The molecule has 0 unspecified atom stereocenters. The van der Waals surface area contributed by atoms with Crippen molar-refractivity contribution < 1.29 is 4.79 Å². The first-order chi connectivity index (χ1) is 8.66. The third kappa shape index (κ3) is 3.20. The van der Waals surface area contributed by atoms with Crippen molar-refractivity contribution in [2.45, 2.75) is 26.3 Å². The van der Waals surface area contributed by atoms with Gasteiger partial charge in [0.25, 0.3) is 0 Å². The standard InChI is InChI=1S/C15H17NOS/c1-11-8-9-18-15(11)14(16-12(2)17)10-13-6-4-3-5-7-13/h3-9,14H,10H2,1-2H3,(H,16,17)/t14-/m0/s1. The monoisotopic (exact) mass is 259 g/mol. The normalized spacial score (nSPS) is 12.1. The molecule has 1 aromatic heterocycles. The smallest absolute Gasteiger partial charge is 0.217 e. The Morgan fingerprint density at radius 1 is 1.28 bits per heavy atom. The number of carbonyl (C=O) groups is 1. The number of thiophene rings is 1. The molecule has 0 aliphatic heterocycles. The lowest BCUT2D eigenvalue weighted by molar-refractivity contribution is -0.119. The van der Waals surface area contributed by atoms with Gasteiger partial charge in [0.2, 0.25) is 5.91 Å². The first-order valence-corrected chi connectivity index (χ1v) is 6.90. The molecule has 94 valence electrons. The van der Waals surface area contributed by atoms with E-state index >= 15 is 0 Å². The molecule has 2 nitrogen and oxygen atoms in total. The molecule has 1 aromatic carbocycles. The molecule has 3 heteroatoms. The van der Waals surface area contributed by atoms with E-state index in [-0.39, 0.29) is 11.9 Å². The van der Waals surface area contributed by atoms with E-state index in [1.165, 1.54) is 16.0 Å². The Balaban J connectivity index is 2.21. The van der Waals surface area contributed by atoms with E-state index in [1.54, 1.807) is 18.3 Å². The Labute approximate surface area is 112 Å². The molecule has 18 heavy (non-hydrogen) atoms. The Hall–Kier alpha value is -1.61. The molecule has 0 saturated heterocycles. The SMILES string of the molecule is CC(=O)N[C@@H](Cc1ccccc1)c1sccc1C. The highest BCUT2D eigenvalue weighted by atomic mass is 32.1. The molecule has 0 saturated carbocycles. The van der Waals surface area contributed by atoms with Crippen LogP contribution in [-0.4, -0.2) is 5.91 Å². The molecule has 1 N–H and O–H groups in total. The third-order valence-corrected chi connectivity index (χ3v) is 4.01. The minimum absolute atomic E-state index is 0.0173. The maximum Gasteiger partial charge on any atom is 0.217 e. The fraction of sp³-hybridized carbons (Fsp3) is 0.267. The van der Waals surface area contributed by atoms with Crippen molar-refractivity contribution in [3.05, 3.63) is 57.8 Å². The lowest BCUT2D eigenvalue weighted by Gasteiger charge is -2.17. The van der Waals surface area contributed by atoms with Crippen LogP contribution in [0.2, 0.25) is 0 Å². The molecule has 2 rings (SSSR count). The summed E-state index contributed by atoms with van der Waals surface area (Å²) in [6, 6.07) is 12.4. The van der Waals surface area contributed by atoms with Gasteiger partial charge in [-0.2, -0.15) is 0 Å². The lowest BCUT2D eigenvalue weighted by Crippen LogP contribution is -2.27. The van der Waals surface area contributed by atoms with Crippen LogP contribution in [0, 0.1) is 6.92 Å². The van der Waals surface area contributed by atoms with Crippen molar-refractivity contribution >= 4 is 17.2 Å². The van der Waals surface area contributed by atoms with Crippen molar-refractivity contribution in [1.82, 2.24) is 5.32 Å². The summed E-state index contributed by atoms with van der Waals surface area (Å²) in [7, 11) is 0. The zero-order valence-electron chi connectivity index (χ0n) is 10.6. The molecule has 0 aliphatic carbocycles. The average Bonchev–Trinajstić information content (AvgIpc) is 2.75. The number of rotatable bonds is 4. The molecule has 0 aliphatic rings. The molecule has 0 spiro atoms. The van der Waals surface area contributed by atoms with Gasteiger partial charge >= 0.3 is 0 Å². The molecule has 2 aromatic rings. The van der Waals surface area contributed by atoms with Crippen molar-refractivity contribution in [2.75, 3.05) is 0 Å². The van der Waals surface area contributed by atoms with Crippen LogP contribution in [0.25, 0.3) is 0 Å². The number of aryl methyl sites for hydroxylation is 1. The highest BCUT2D eigenvalue weighted by molar-refractivity contribution is 7.10. The maximum absolute atomic E-state index is 11.3. The highest BCUT2D eigenvalue weighted by Gasteiger charge is 2.16. The average molecular weight is 259 g/mol. The Kier molecular flexibility index (Phi) is 4.15. The first-order valence-electron chi connectivity index (χ1n) is 6.02. The van der Waals surface area contributed by atoms with E-state index in [9.17, 15) is 4.79 Å². The number of hydrogen-bond donors (Lipinski definition) is 1. The van der Waals surface area contributed by atoms with Crippen molar-refractivity contribution in [1.29, 1.82) is 0 Å². The van der Waals surface area contributed by atoms with Gasteiger partial charge < -0.3 is 5.32 Å². The second-order valence-corrected chi connectivity index (χ2v) is 5.36. The second kappa shape index (κ2) is 5.83. The molecule has 1 heterocycles. The van der Waals surface area contributed by atoms with Crippen LogP contribution in [0.4, 0.5) is 0 Å². The Morgan fingerprint density at radius 3 is 2.56 bits per heavy atom. The van der Waals surface area contributed by atoms with Gasteiger partial charge in [-0.15, -0.1) is 11.3 Å². The van der Waals surface area contributed by atoms with Crippen LogP contribution in [0.1, 0.15) is 29.0 Å². The third-order valence-electron chi connectivity index (χ3n) is 2.88. The minimum Gasteiger partial charge on any atom is -0.348 e.